The molecule has 1 aromatic carbocycles. The second-order valence-electron chi connectivity index (χ2n) is 4.64. The molecule has 0 bridgehead atoms. The Kier molecular flexibility index (Phi) is 3.97. The molecule has 0 spiro atoms. The number of hydrogen-bond acceptors (Lipinski definition) is 2. The molecule has 96 valence electrons. The summed E-state index contributed by atoms with van der Waals surface area (Å²) in [6.45, 7) is 2.86. The molecule has 0 saturated heterocycles. The minimum absolute atomic E-state index is 0.0891. The molecular formula is C14H18N2O2. The number of carbonyl (C=O) groups excluding carboxylic acids is 2. The number of benzene rings is 1. The fourth-order valence-electron chi connectivity index (χ4n) is 1.77. The van der Waals surface area contributed by atoms with Gasteiger partial charge < -0.3 is 10.6 Å². The molecule has 0 heterocycles. The topological polar surface area (TPSA) is 58.2 Å². The molecule has 18 heavy (non-hydrogen) atoms. The van der Waals surface area contributed by atoms with E-state index < -0.39 is 0 Å². The summed E-state index contributed by atoms with van der Waals surface area (Å²) in [5.74, 6) is 0.242. The minimum Gasteiger partial charge on any atom is -0.354 e. The van der Waals surface area contributed by atoms with Crippen LogP contribution in [0.5, 0.6) is 0 Å². The number of carbonyl (C=O) groups is 2. The van der Waals surface area contributed by atoms with Crippen LogP contribution in [0.1, 0.15) is 28.8 Å². The Morgan fingerprint density at radius 2 is 1.83 bits per heavy atom. The van der Waals surface area contributed by atoms with Crippen molar-refractivity contribution >= 4 is 11.8 Å². The lowest BCUT2D eigenvalue weighted by atomic mass is 10.1. The van der Waals surface area contributed by atoms with Crippen LogP contribution in [-0.4, -0.2) is 24.9 Å². The van der Waals surface area contributed by atoms with Gasteiger partial charge in [-0.3, -0.25) is 9.59 Å². The lowest BCUT2D eigenvalue weighted by Crippen LogP contribution is -2.35. The summed E-state index contributed by atoms with van der Waals surface area (Å²) < 4.78 is 0. The molecule has 4 heteroatoms. The summed E-state index contributed by atoms with van der Waals surface area (Å²) in [6, 6.07) is 7.45. The highest BCUT2D eigenvalue weighted by molar-refractivity contribution is 5.95. The van der Waals surface area contributed by atoms with Crippen molar-refractivity contribution in [3.05, 3.63) is 35.4 Å². The standard InChI is InChI=1S/C14H18N2O2/c1-10-4-2-3-5-12(10)14(18)16-9-8-15-13(17)11-6-7-11/h2-5,11H,6-9H2,1H3,(H,15,17)(H,16,18). The molecule has 4 nitrogen and oxygen atoms in total. The molecule has 0 unspecified atom stereocenters. The van der Waals surface area contributed by atoms with E-state index in [0.717, 1.165) is 18.4 Å². The SMILES string of the molecule is Cc1ccccc1C(=O)NCCNC(=O)C1CC1. The number of amides is 2. The summed E-state index contributed by atoms with van der Waals surface area (Å²) >= 11 is 0. The predicted molar refractivity (Wildman–Crippen MR) is 69.2 cm³/mol. The molecule has 0 aromatic heterocycles. The van der Waals surface area contributed by atoms with Crippen LogP contribution in [0.3, 0.4) is 0 Å². The van der Waals surface area contributed by atoms with E-state index >= 15 is 0 Å². The first-order valence-electron chi connectivity index (χ1n) is 6.30. The molecular weight excluding hydrogens is 228 g/mol. The Morgan fingerprint density at radius 3 is 2.50 bits per heavy atom. The average Bonchev–Trinajstić information content (AvgIpc) is 3.19. The first kappa shape index (κ1) is 12.6. The number of rotatable bonds is 5. The fourth-order valence-corrected chi connectivity index (χ4v) is 1.77. The molecule has 0 aliphatic heterocycles. The molecule has 1 aliphatic carbocycles. The van der Waals surface area contributed by atoms with E-state index in [1.54, 1.807) is 6.07 Å². The first-order chi connectivity index (χ1) is 8.68. The molecule has 1 aliphatic rings. The highest BCUT2D eigenvalue weighted by Crippen LogP contribution is 2.28. The van der Waals surface area contributed by atoms with E-state index in [-0.39, 0.29) is 17.7 Å². The Morgan fingerprint density at radius 1 is 1.17 bits per heavy atom. The second-order valence-corrected chi connectivity index (χ2v) is 4.64. The maximum absolute atomic E-state index is 11.8. The van der Waals surface area contributed by atoms with Gasteiger partial charge in [-0.1, -0.05) is 18.2 Å². The van der Waals surface area contributed by atoms with Gasteiger partial charge in [-0.05, 0) is 31.4 Å². The van der Waals surface area contributed by atoms with Gasteiger partial charge in [0.1, 0.15) is 0 Å². The summed E-state index contributed by atoms with van der Waals surface area (Å²) in [4.78, 5) is 23.2. The Hall–Kier alpha value is -1.84. The van der Waals surface area contributed by atoms with Crippen molar-refractivity contribution in [1.82, 2.24) is 10.6 Å². The molecule has 1 aromatic rings. The highest BCUT2D eigenvalue weighted by atomic mass is 16.2. The van der Waals surface area contributed by atoms with Gasteiger partial charge in [0, 0.05) is 24.6 Å². The van der Waals surface area contributed by atoms with Crippen LogP contribution in [0, 0.1) is 12.8 Å². The lowest BCUT2D eigenvalue weighted by Gasteiger charge is -2.08. The molecule has 2 rings (SSSR count). The van der Waals surface area contributed by atoms with Crippen molar-refractivity contribution in [2.24, 2.45) is 5.92 Å². The Bertz CT molecular complexity index is 453. The van der Waals surface area contributed by atoms with Crippen molar-refractivity contribution in [3.8, 4) is 0 Å². The van der Waals surface area contributed by atoms with Gasteiger partial charge in [-0.2, -0.15) is 0 Å². The molecule has 1 fully saturated rings. The van der Waals surface area contributed by atoms with E-state index in [1.165, 1.54) is 0 Å². The summed E-state index contributed by atoms with van der Waals surface area (Å²) in [6.07, 6.45) is 2.00. The van der Waals surface area contributed by atoms with E-state index in [9.17, 15) is 9.59 Å². The smallest absolute Gasteiger partial charge is 0.251 e. The van der Waals surface area contributed by atoms with Crippen molar-refractivity contribution in [1.29, 1.82) is 0 Å². The third kappa shape index (κ3) is 3.32. The van der Waals surface area contributed by atoms with Crippen molar-refractivity contribution < 1.29 is 9.59 Å². The molecule has 2 amide bonds. The van der Waals surface area contributed by atoms with E-state index in [4.69, 9.17) is 0 Å². The van der Waals surface area contributed by atoms with Gasteiger partial charge in [0.2, 0.25) is 5.91 Å². The molecule has 1 saturated carbocycles. The van der Waals surface area contributed by atoms with E-state index in [1.807, 2.05) is 25.1 Å². The second kappa shape index (κ2) is 5.67. The van der Waals surface area contributed by atoms with Crippen LogP contribution in [0.2, 0.25) is 0 Å². The highest BCUT2D eigenvalue weighted by Gasteiger charge is 2.28. The van der Waals surface area contributed by atoms with Gasteiger partial charge in [-0.25, -0.2) is 0 Å². The maximum atomic E-state index is 11.8. The van der Waals surface area contributed by atoms with Crippen LogP contribution in [-0.2, 0) is 4.79 Å². The zero-order valence-electron chi connectivity index (χ0n) is 10.5. The van der Waals surface area contributed by atoms with E-state index in [0.29, 0.717) is 18.7 Å². The molecule has 0 radical (unpaired) electrons. The van der Waals surface area contributed by atoms with Gasteiger partial charge >= 0.3 is 0 Å². The lowest BCUT2D eigenvalue weighted by molar-refractivity contribution is -0.122. The van der Waals surface area contributed by atoms with Crippen LogP contribution in [0.25, 0.3) is 0 Å². The number of nitrogens with one attached hydrogen (secondary N) is 2. The van der Waals surface area contributed by atoms with Crippen LogP contribution >= 0.6 is 0 Å². The molecule has 0 atom stereocenters. The monoisotopic (exact) mass is 246 g/mol. The van der Waals surface area contributed by atoms with Crippen molar-refractivity contribution in [2.45, 2.75) is 19.8 Å². The fraction of sp³-hybridized carbons (Fsp3) is 0.429. The van der Waals surface area contributed by atoms with Gasteiger partial charge in [0.15, 0.2) is 0 Å². The predicted octanol–water partition coefficient (Wildman–Crippen LogP) is 1.25. The zero-order chi connectivity index (χ0) is 13.0. The summed E-state index contributed by atoms with van der Waals surface area (Å²) in [5.41, 5.74) is 1.64. The molecule has 2 N–H and O–H groups in total. The third-order valence-electron chi connectivity index (χ3n) is 3.05. The normalized spacial score (nSPS) is 14.1. The third-order valence-corrected chi connectivity index (χ3v) is 3.05. The first-order valence-corrected chi connectivity index (χ1v) is 6.30. The quantitative estimate of drug-likeness (QED) is 0.768. The Balaban J connectivity index is 1.71. The van der Waals surface area contributed by atoms with E-state index in [2.05, 4.69) is 10.6 Å². The van der Waals surface area contributed by atoms with Crippen LogP contribution < -0.4 is 10.6 Å². The van der Waals surface area contributed by atoms with Gasteiger partial charge in [0.05, 0.1) is 0 Å². The summed E-state index contributed by atoms with van der Waals surface area (Å²) in [7, 11) is 0. The van der Waals surface area contributed by atoms with Gasteiger partial charge in [0.25, 0.3) is 5.91 Å². The van der Waals surface area contributed by atoms with Gasteiger partial charge in [-0.15, -0.1) is 0 Å². The number of hydrogen-bond donors (Lipinski definition) is 2. The van der Waals surface area contributed by atoms with Crippen LogP contribution in [0.4, 0.5) is 0 Å². The largest absolute Gasteiger partial charge is 0.354 e. The zero-order valence-corrected chi connectivity index (χ0v) is 10.5. The Labute approximate surface area is 107 Å². The maximum Gasteiger partial charge on any atom is 0.251 e. The summed E-state index contributed by atoms with van der Waals surface area (Å²) in [5, 5.41) is 5.61. The number of aryl methyl sites for hydroxylation is 1. The minimum atomic E-state index is -0.0891. The average molecular weight is 246 g/mol. The van der Waals surface area contributed by atoms with Crippen molar-refractivity contribution in [3.63, 3.8) is 0 Å². The van der Waals surface area contributed by atoms with Crippen molar-refractivity contribution in [2.75, 3.05) is 13.1 Å². The van der Waals surface area contributed by atoms with Crippen LogP contribution in [0.15, 0.2) is 24.3 Å².